The van der Waals surface area contributed by atoms with Crippen molar-refractivity contribution < 1.29 is 9.84 Å². The van der Waals surface area contributed by atoms with E-state index in [2.05, 4.69) is 5.38 Å². The van der Waals surface area contributed by atoms with E-state index < -0.39 is 0 Å². The molecule has 0 fully saturated rings. The predicted octanol–water partition coefficient (Wildman–Crippen LogP) is 3.76. The van der Waals surface area contributed by atoms with Crippen molar-refractivity contribution in [1.29, 1.82) is 0 Å². The lowest BCUT2D eigenvalue weighted by atomic mass is 10.1. The number of aryl methyl sites for hydroxylation is 1. The molecule has 0 amide bonds. The van der Waals surface area contributed by atoms with E-state index in [0.29, 0.717) is 6.54 Å². The maximum atomic E-state index is 9.47. The number of methoxy groups -OCH3 is 1. The number of aliphatic hydroxyl groups excluding tert-OH is 1. The van der Waals surface area contributed by atoms with Crippen LogP contribution in [0.15, 0.2) is 58.9 Å². The first-order chi connectivity index (χ1) is 11.7. The standard InChI is InChI=1S/C19H20N2O2S/c1-14-6-3-4-9-17(14)20-19-21(10-11-22)18(13-24-19)15-7-5-8-16(12-15)23-2/h3-9,12-13,22H,10-11H2,1-2H3. The Morgan fingerprint density at radius 1 is 1.17 bits per heavy atom. The van der Waals surface area contributed by atoms with Crippen LogP contribution >= 0.6 is 11.3 Å². The van der Waals surface area contributed by atoms with Crippen molar-refractivity contribution in [3.63, 3.8) is 0 Å². The van der Waals surface area contributed by atoms with Crippen LogP contribution in [0, 0.1) is 6.92 Å². The molecule has 0 spiro atoms. The Morgan fingerprint density at radius 3 is 2.75 bits per heavy atom. The lowest BCUT2D eigenvalue weighted by Crippen LogP contribution is -2.18. The third-order valence-corrected chi connectivity index (χ3v) is 4.68. The van der Waals surface area contributed by atoms with Gasteiger partial charge in [-0.1, -0.05) is 30.3 Å². The average molecular weight is 340 g/mol. The van der Waals surface area contributed by atoms with Gasteiger partial charge in [-0.2, -0.15) is 0 Å². The highest BCUT2D eigenvalue weighted by atomic mass is 32.1. The fourth-order valence-corrected chi connectivity index (χ4v) is 3.49. The number of thiazole rings is 1. The molecular weight excluding hydrogens is 320 g/mol. The number of aliphatic hydroxyl groups is 1. The van der Waals surface area contributed by atoms with Crippen molar-refractivity contribution in [1.82, 2.24) is 4.57 Å². The zero-order valence-corrected chi connectivity index (χ0v) is 14.6. The van der Waals surface area contributed by atoms with Crippen molar-refractivity contribution in [2.75, 3.05) is 13.7 Å². The molecule has 0 aliphatic heterocycles. The van der Waals surface area contributed by atoms with Gasteiger partial charge in [-0.25, -0.2) is 4.99 Å². The molecule has 124 valence electrons. The largest absolute Gasteiger partial charge is 0.497 e. The van der Waals surface area contributed by atoms with Gasteiger partial charge in [0.05, 0.1) is 25.1 Å². The number of aromatic nitrogens is 1. The molecule has 3 aromatic rings. The summed E-state index contributed by atoms with van der Waals surface area (Å²) in [6.07, 6.45) is 0. The molecule has 0 saturated heterocycles. The van der Waals surface area contributed by atoms with Gasteiger partial charge in [0.15, 0.2) is 4.80 Å². The molecule has 2 aromatic carbocycles. The van der Waals surface area contributed by atoms with E-state index in [9.17, 15) is 5.11 Å². The fraction of sp³-hybridized carbons (Fsp3) is 0.211. The van der Waals surface area contributed by atoms with Gasteiger partial charge in [0.25, 0.3) is 0 Å². The second-order valence-electron chi connectivity index (χ2n) is 5.41. The highest BCUT2D eigenvalue weighted by Crippen LogP contribution is 2.25. The molecule has 0 aliphatic carbocycles. The maximum absolute atomic E-state index is 9.47. The summed E-state index contributed by atoms with van der Waals surface area (Å²) in [7, 11) is 1.66. The second-order valence-corrected chi connectivity index (χ2v) is 6.25. The first-order valence-electron chi connectivity index (χ1n) is 7.77. The Morgan fingerprint density at radius 2 is 2.00 bits per heavy atom. The molecule has 1 aromatic heterocycles. The molecule has 0 atom stereocenters. The summed E-state index contributed by atoms with van der Waals surface area (Å²) in [5.74, 6) is 0.812. The van der Waals surface area contributed by atoms with E-state index >= 15 is 0 Å². The Hall–Kier alpha value is -2.37. The zero-order valence-electron chi connectivity index (χ0n) is 13.8. The van der Waals surface area contributed by atoms with Crippen LogP contribution in [0.2, 0.25) is 0 Å². The fourth-order valence-electron chi connectivity index (χ4n) is 2.54. The molecule has 3 rings (SSSR count). The summed E-state index contributed by atoms with van der Waals surface area (Å²) >= 11 is 1.57. The molecule has 24 heavy (non-hydrogen) atoms. The first-order valence-corrected chi connectivity index (χ1v) is 8.65. The van der Waals surface area contributed by atoms with Gasteiger partial charge in [0, 0.05) is 17.5 Å². The minimum Gasteiger partial charge on any atom is -0.497 e. The van der Waals surface area contributed by atoms with Crippen molar-refractivity contribution in [3.8, 4) is 17.0 Å². The van der Waals surface area contributed by atoms with E-state index in [4.69, 9.17) is 9.73 Å². The first kappa shape index (κ1) is 16.5. The van der Waals surface area contributed by atoms with Crippen LogP contribution in [0.1, 0.15) is 5.56 Å². The SMILES string of the molecule is COc1cccc(-c2csc(=Nc3ccccc3C)n2CCO)c1. The minimum atomic E-state index is 0.0641. The van der Waals surface area contributed by atoms with Gasteiger partial charge < -0.3 is 14.4 Å². The number of ether oxygens (including phenoxy) is 1. The molecule has 0 aliphatic rings. The van der Waals surface area contributed by atoms with E-state index in [-0.39, 0.29) is 6.61 Å². The van der Waals surface area contributed by atoms with Crippen LogP contribution in [-0.4, -0.2) is 23.4 Å². The Balaban J connectivity index is 2.13. The average Bonchev–Trinajstić information content (AvgIpc) is 3.00. The highest BCUT2D eigenvalue weighted by Gasteiger charge is 2.09. The quantitative estimate of drug-likeness (QED) is 0.769. The Labute approximate surface area is 145 Å². The van der Waals surface area contributed by atoms with E-state index in [1.165, 1.54) is 0 Å². The molecular formula is C19H20N2O2S. The van der Waals surface area contributed by atoms with Crippen LogP contribution < -0.4 is 9.54 Å². The van der Waals surface area contributed by atoms with Crippen LogP contribution in [0.4, 0.5) is 5.69 Å². The number of nitrogens with zero attached hydrogens (tertiary/aromatic N) is 2. The van der Waals surface area contributed by atoms with E-state index in [0.717, 1.165) is 33.1 Å². The number of para-hydroxylation sites is 1. The van der Waals surface area contributed by atoms with Gasteiger partial charge in [-0.3, -0.25) is 0 Å². The van der Waals surface area contributed by atoms with E-state index in [1.807, 2.05) is 60.0 Å². The van der Waals surface area contributed by atoms with Crippen molar-refractivity contribution >= 4 is 17.0 Å². The monoisotopic (exact) mass is 340 g/mol. The molecule has 4 nitrogen and oxygen atoms in total. The second kappa shape index (κ2) is 7.47. The van der Waals surface area contributed by atoms with Crippen LogP contribution in [0.5, 0.6) is 5.75 Å². The predicted molar refractivity (Wildman–Crippen MR) is 97.8 cm³/mol. The summed E-state index contributed by atoms with van der Waals surface area (Å²) in [6.45, 7) is 2.61. The van der Waals surface area contributed by atoms with E-state index in [1.54, 1.807) is 18.4 Å². The number of hydrogen-bond acceptors (Lipinski definition) is 4. The third-order valence-electron chi connectivity index (χ3n) is 3.82. The molecule has 0 saturated carbocycles. The maximum Gasteiger partial charge on any atom is 0.190 e. The minimum absolute atomic E-state index is 0.0641. The van der Waals surface area contributed by atoms with Crippen molar-refractivity contribution in [2.45, 2.75) is 13.5 Å². The summed E-state index contributed by atoms with van der Waals surface area (Å²) in [6, 6.07) is 16.0. The Kier molecular flexibility index (Phi) is 5.13. The summed E-state index contributed by atoms with van der Waals surface area (Å²) < 4.78 is 7.36. The zero-order chi connectivity index (χ0) is 16.9. The molecule has 1 N–H and O–H groups in total. The van der Waals surface area contributed by atoms with Gasteiger partial charge in [-0.05, 0) is 30.7 Å². The van der Waals surface area contributed by atoms with Crippen LogP contribution in [-0.2, 0) is 6.54 Å². The van der Waals surface area contributed by atoms with Crippen LogP contribution in [0.3, 0.4) is 0 Å². The molecule has 0 unspecified atom stereocenters. The van der Waals surface area contributed by atoms with Gasteiger partial charge >= 0.3 is 0 Å². The third kappa shape index (κ3) is 3.42. The molecule has 0 bridgehead atoms. The Bertz CT molecular complexity index is 896. The lowest BCUT2D eigenvalue weighted by Gasteiger charge is -2.09. The smallest absolute Gasteiger partial charge is 0.190 e. The molecule has 1 heterocycles. The van der Waals surface area contributed by atoms with Gasteiger partial charge in [0.2, 0.25) is 0 Å². The summed E-state index contributed by atoms with van der Waals surface area (Å²) in [5.41, 5.74) is 4.15. The number of benzene rings is 2. The molecule has 5 heteroatoms. The van der Waals surface area contributed by atoms with Crippen molar-refractivity contribution in [3.05, 3.63) is 64.3 Å². The lowest BCUT2D eigenvalue weighted by molar-refractivity contribution is 0.275. The normalized spacial score (nSPS) is 11.7. The summed E-state index contributed by atoms with van der Waals surface area (Å²) in [5, 5.41) is 11.5. The highest BCUT2D eigenvalue weighted by molar-refractivity contribution is 7.07. The van der Waals surface area contributed by atoms with Crippen molar-refractivity contribution in [2.24, 2.45) is 4.99 Å². The topological polar surface area (TPSA) is 46.8 Å². The summed E-state index contributed by atoms with van der Waals surface area (Å²) in [4.78, 5) is 5.66. The van der Waals surface area contributed by atoms with Gasteiger partial charge in [0.1, 0.15) is 5.75 Å². The number of hydrogen-bond donors (Lipinski definition) is 1. The molecule has 0 radical (unpaired) electrons. The van der Waals surface area contributed by atoms with Gasteiger partial charge in [-0.15, -0.1) is 11.3 Å². The van der Waals surface area contributed by atoms with Crippen LogP contribution in [0.25, 0.3) is 11.3 Å². The number of rotatable bonds is 5.